The Balaban J connectivity index is 1.71. The van der Waals surface area contributed by atoms with Gasteiger partial charge in [-0.15, -0.1) is 0 Å². The lowest BCUT2D eigenvalue weighted by Crippen LogP contribution is -2.46. The van der Waals surface area contributed by atoms with E-state index in [4.69, 9.17) is 4.74 Å². The average molecular weight is 330 g/mol. The van der Waals surface area contributed by atoms with Crippen LogP contribution in [0, 0.1) is 11.7 Å². The molecule has 1 heterocycles. The van der Waals surface area contributed by atoms with Crippen molar-refractivity contribution in [1.82, 2.24) is 10.9 Å². The zero-order valence-electron chi connectivity index (χ0n) is 11.5. The fraction of sp³-hybridized carbons (Fsp3) is 0.385. The Morgan fingerprint density at radius 1 is 1.23 bits per heavy atom. The molecule has 0 bridgehead atoms. The van der Waals surface area contributed by atoms with Crippen LogP contribution in [0.5, 0.6) is 5.75 Å². The van der Waals surface area contributed by atoms with E-state index in [2.05, 4.69) is 10.9 Å². The third-order valence-electron chi connectivity index (χ3n) is 3.11. The van der Waals surface area contributed by atoms with Crippen molar-refractivity contribution in [2.24, 2.45) is 5.92 Å². The van der Waals surface area contributed by atoms with Crippen molar-refractivity contribution < 1.29 is 27.1 Å². The fourth-order valence-electron chi connectivity index (χ4n) is 1.95. The highest BCUT2D eigenvalue weighted by atomic mass is 32.2. The molecule has 1 aliphatic heterocycles. The first kappa shape index (κ1) is 16.2. The lowest BCUT2D eigenvalue weighted by molar-refractivity contribution is -0.131. The van der Waals surface area contributed by atoms with Gasteiger partial charge in [-0.1, -0.05) is 0 Å². The third kappa shape index (κ3) is 4.69. The van der Waals surface area contributed by atoms with E-state index in [0.717, 1.165) is 0 Å². The van der Waals surface area contributed by atoms with Crippen LogP contribution in [0.3, 0.4) is 0 Å². The van der Waals surface area contributed by atoms with Gasteiger partial charge in [0, 0.05) is 0 Å². The van der Waals surface area contributed by atoms with Crippen LogP contribution in [0.1, 0.15) is 6.42 Å². The van der Waals surface area contributed by atoms with Crippen LogP contribution in [0.4, 0.5) is 4.39 Å². The van der Waals surface area contributed by atoms with Gasteiger partial charge in [-0.2, -0.15) is 0 Å². The van der Waals surface area contributed by atoms with Crippen molar-refractivity contribution in [2.45, 2.75) is 6.42 Å². The number of carbonyl (C=O) groups is 2. The predicted octanol–water partition coefficient (Wildman–Crippen LogP) is -0.213. The molecule has 1 aliphatic rings. The van der Waals surface area contributed by atoms with Gasteiger partial charge in [0.05, 0.1) is 17.4 Å². The van der Waals surface area contributed by atoms with E-state index in [1.54, 1.807) is 0 Å². The quantitative estimate of drug-likeness (QED) is 0.744. The maximum absolute atomic E-state index is 12.7. The minimum atomic E-state index is -3.16. The van der Waals surface area contributed by atoms with Crippen LogP contribution in [0.15, 0.2) is 24.3 Å². The normalized spacial score (nSPS) is 19.4. The summed E-state index contributed by atoms with van der Waals surface area (Å²) in [5.41, 5.74) is 4.30. The summed E-state index contributed by atoms with van der Waals surface area (Å²) in [4.78, 5) is 23.2. The van der Waals surface area contributed by atoms with Crippen molar-refractivity contribution in [2.75, 3.05) is 18.1 Å². The highest BCUT2D eigenvalue weighted by Gasteiger charge is 2.33. The fourth-order valence-corrected chi connectivity index (χ4v) is 3.69. The molecular weight excluding hydrogens is 315 g/mol. The maximum atomic E-state index is 12.7. The van der Waals surface area contributed by atoms with Crippen LogP contribution in [0.25, 0.3) is 0 Å². The molecule has 2 N–H and O–H groups in total. The number of benzene rings is 1. The van der Waals surface area contributed by atoms with Crippen molar-refractivity contribution in [1.29, 1.82) is 0 Å². The number of ether oxygens (including phenoxy) is 1. The molecule has 0 unspecified atom stereocenters. The Hall–Kier alpha value is -2.16. The number of rotatable bonds is 4. The number of hydrogen-bond acceptors (Lipinski definition) is 5. The van der Waals surface area contributed by atoms with Gasteiger partial charge in [0.1, 0.15) is 11.6 Å². The third-order valence-corrected chi connectivity index (χ3v) is 4.88. The second-order valence-electron chi connectivity index (χ2n) is 4.88. The molecule has 1 aromatic carbocycles. The largest absolute Gasteiger partial charge is 0.484 e. The van der Waals surface area contributed by atoms with Gasteiger partial charge < -0.3 is 4.74 Å². The van der Waals surface area contributed by atoms with Gasteiger partial charge in [0.25, 0.3) is 5.91 Å². The molecule has 1 saturated heterocycles. The van der Waals surface area contributed by atoms with E-state index in [1.165, 1.54) is 24.3 Å². The molecule has 120 valence electrons. The molecule has 9 heteroatoms. The van der Waals surface area contributed by atoms with Crippen LogP contribution in [0.2, 0.25) is 0 Å². The number of sulfone groups is 1. The van der Waals surface area contributed by atoms with E-state index >= 15 is 0 Å². The molecule has 22 heavy (non-hydrogen) atoms. The van der Waals surface area contributed by atoms with E-state index in [0.29, 0.717) is 5.75 Å². The first-order chi connectivity index (χ1) is 10.4. The lowest BCUT2D eigenvalue weighted by Gasteiger charge is -2.11. The SMILES string of the molecule is O=C(COc1ccc(F)cc1)NNC(=O)[C@H]1CCS(=O)(=O)C1. The Morgan fingerprint density at radius 2 is 1.91 bits per heavy atom. The van der Waals surface area contributed by atoms with Crippen LogP contribution in [-0.2, 0) is 19.4 Å². The first-order valence-electron chi connectivity index (χ1n) is 6.53. The Labute approximate surface area is 126 Å². The summed E-state index contributed by atoms with van der Waals surface area (Å²) in [6.07, 6.45) is 0.246. The standard InChI is InChI=1S/C13H15FN2O5S/c14-10-1-3-11(4-2-10)21-7-12(17)15-16-13(18)9-5-6-22(19,20)8-9/h1-4,9H,5-8H2,(H,15,17)(H,16,18)/t9-/m0/s1. The minimum absolute atomic E-state index is 0.0211. The maximum Gasteiger partial charge on any atom is 0.276 e. The summed E-state index contributed by atoms with van der Waals surface area (Å²) >= 11 is 0. The van der Waals surface area contributed by atoms with Gasteiger partial charge in [-0.3, -0.25) is 20.4 Å². The summed E-state index contributed by atoms with van der Waals surface area (Å²) in [5, 5.41) is 0. The minimum Gasteiger partial charge on any atom is -0.484 e. The summed E-state index contributed by atoms with van der Waals surface area (Å²) < 4.78 is 40.3. The number of hydrogen-bond donors (Lipinski definition) is 2. The zero-order chi connectivity index (χ0) is 16.2. The molecular formula is C13H15FN2O5S. The number of nitrogens with one attached hydrogen (secondary N) is 2. The first-order valence-corrected chi connectivity index (χ1v) is 8.35. The molecule has 0 aromatic heterocycles. The topological polar surface area (TPSA) is 102 Å². The summed E-state index contributed by atoms with van der Waals surface area (Å²) in [6.45, 7) is -0.366. The molecule has 1 fully saturated rings. The van der Waals surface area contributed by atoms with Gasteiger partial charge >= 0.3 is 0 Å². The monoisotopic (exact) mass is 330 g/mol. The lowest BCUT2D eigenvalue weighted by atomic mass is 10.1. The van der Waals surface area contributed by atoms with Gasteiger partial charge in [0.15, 0.2) is 16.4 Å². The van der Waals surface area contributed by atoms with E-state index < -0.39 is 33.4 Å². The predicted molar refractivity (Wildman–Crippen MR) is 74.9 cm³/mol. The highest BCUT2D eigenvalue weighted by molar-refractivity contribution is 7.91. The number of amides is 2. The Morgan fingerprint density at radius 3 is 2.50 bits per heavy atom. The van der Waals surface area contributed by atoms with E-state index in [-0.39, 0.29) is 24.5 Å². The summed E-state index contributed by atoms with van der Waals surface area (Å²) in [6, 6.07) is 5.11. The zero-order valence-corrected chi connectivity index (χ0v) is 12.4. The Kier molecular flexibility index (Phi) is 4.96. The Bertz CT molecular complexity index is 660. The molecule has 1 atom stereocenters. The van der Waals surface area contributed by atoms with Gasteiger partial charge in [-0.05, 0) is 30.7 Å². The van der Waals surface area contributed by atoms with Gasteiger partial charge in [0.2, 0.25) is 5.91 Å². The van der Waals surface area contributed by atoms with Crippen molar-refractivity contribution in [3.8, 4) is 5.75 Å². The molecule has 0 aliphatic carbocycles. The summed E-state index contributed by atoms with van der Waals surface area (Å²) in [7, 11) is -3.16. The van der Waals surface area contributed by atoms with E-state index in [9.17, 15) is 22.4 Å². The summed E-state index contributed by atoms with van der Waals surface area (Å²) in [5.74, 6) is -2.15. The molecule has 7 nitrogen and oxygen atoms in total. The molecule has 2 rings (SSSR count). The molecule has 0 saturated carbocycles. The smallest absolute Gasteiger partial charge is 0.276 e. The van der Waals surface area contributed by atoms with Crippen molar-refractivity contribution in [3.05, 3.63) is 30.1 Å². The molecule has 0 radical (unpaired) electrons. The van der Waals surface area contributed by atoms with E-state index in [1.807, 2.05) is 0 Å². The molecule has 0 spiro atoms. The number of hydrazine groups is 1. The number of carbonyl (C=O) groups excluding carboxylic acids is 2. The van der Waals surface area contributed by atoms with Crippen molar-refractivity contribution in [3.63, 3.8) is 0 Å². The second kappa shape index (κ2) is 6.73. The second-order valence-corrected chi connectivity index (χ2v) is 7.11. The molecule has 2 amide bonds. The number of halogens is 1. The van der Waals surface area contributed by atoms with Crippen LogP contribution in [-0.4, -0.2) is 38.3 Å². The van der Waals surface area contributed by atoms with Gasteiger partial charge in [-0.25, -0.2) is 12.8 Å². The average Bonchev–Trinajstić information content (AvgIpc) is 2.84. The molecule has 1 aromatic rings. The van der Waals surface area contributed by atoms with Crippen molar-refractivity contribution >= 4 is 21.7 Å². The highest BCUT2D eigenvalue weighted by Crippen LogP contribution is 2.18. The van der Waals surface area contributed by atoms with Crippen LogP contribution < -0.4 is 15.6 Å². The van der Waals surface area contributed by atoms with Crippen LogP contribution >= 0.6 is 0 Å².